The van der Waals surface area contributed by atoms with Crippen molar-refractivity contribution in [2.45, 2.75) is 0 Å². The first-order chi connectivity index (χ1) is 2.00. The molecule has 0 aliphatic heterocycles. The molecule has 6 heavy (non-hydrogen) atoms. The van der Waals surface area contributed by atoms with E-state index in [1.165, 1.54) is 0 Å². The van der Waals surface area contributed by atoms with Crippen LogP contribution in [0.2, 0.25) is 0 Å². The minimum absolute atomic E-state index is 0. The van der Waals surface area contributed by atoms with Crippen molar-refractivity contribution in [3.05, 3.63) is 0 Å². The van der Waals surface area contributed by atoms with Gasteiger partial charge < -0.3 is 0 Å². The van der Waals surface area contributed by atoms with E-state index in [1.54, 1.807) is 0 Å². The molecule has 0 aromatic heterocycles. The van der Waals surface area contributed by atoms with E-state index in [9.17, 15) is 4.57 Å². The van der Waals surface area contributed by atoms with Crippen LogP contribution in [0.1, 0.15) is 0 Å². The van der Waals surface area contributed by atoms with Crippen LogP contribution in [-0.4, -0.2) is 23.8 Å². The molecule has 0 amide bonds. The van der Waals surface area contributed by atoms with Gasteiger partial charge in [0.25, 0.3) is 0 Å². The molecule has 6 heteroatoms. The Kier molecular flexibility index (Phi) is 6.77. The maximum absolute atomic E-state index is 9.58. The first kappa shape index (κ1) is 10.7. The second kappa shape index (κ2) is 3.78. The first-order valence-corrected chi connectivity index (χ1v) is 5.19. The van der Waals surface area contributed by atoms with Crippen molar-refractivity contribution in [3.8, 4) is 0 Å². The van der Waals surface area contributed by atoms with E-state index in [0.29, 0.717) is 0 Å². The van der Waals surface area contributed by atoms with Crippen LogP contribution in [0, 0.1) is 0 Å². The standard InChI is InChI=1S/Fe.Li.Mn.HO2P.H/c;;;1-3-2;/h;;;(H,1,2);. The summed E-state index contributed by atoms with van der Waals surface area (Å²) in [6, 6.07) is 0. The Labute approximate surface area is 63.9 Å². The van der Waals surface area contributed by atoms with Gasteiger partial charge in [0.05, 0.1) is 0 Å². The Morgan fingerprint density at radius 1 is 1.83 bits per heavy atom. The predicted octanol–water partition coefficient (Wildman–Crippen LogP) is -0.468. The zero-order valence-corrected chi connectivity index (χ0v) is 5.21. The molecule has 0 heterocycles. The van der Waals surface area contributed by atoms with Crippen LogP contribution in [-0.2, 0) is 35.7 Å². The van der Waals surface area contributed by atoms with Crippen molar-refractivity contribution in [2.75, 3.05) is 0 Å². The molecule has 0 aliphatic rings. The molecule has 35 valence electrons. The van der Waals surface area contributed by atoms with Gasteiger partial charge in [-0.05, 0) is 0 Å². The van der Waals surface area contributed by atoms with E-state index in [-0.39, 0.29) is 18.9 Å². The van der Waals surface area contributed by atoms with E-state index in [2.05, 4.69) is 31.1 Å². The molecule has 0 aromatic rings. The Morgan fingerprint density at radius 2 is 1.83 bits per heavy atom. The summed E-state index contributed by atoms with van der Waals surface area (Å²) in [5, 5.41) is 0. The van der Waals surface area contributed by atoms with Gasteiger partial charge in [-0.25, -0.2) is 0 Å². The average Bonchev–Trinajstić information content (AvgIpc) is 0.722. The molecule has 2 nitrogen and oxygen atoms in total. The minimum atomic E-state index is -3.08. The second-order valence-electron chi connectivity index (χ2n) is 0.421. The fraction of sp³-hybridized carbons (Fsp3) is 0. The molecule has 1 unspecified atom stereocenters. The van der Waals surface area contributed by atoms with Crippen molar-refractivity contribution in [1.29, 1.82) is 0 Å². The molecule has 0 rings (SSSR count). The topological polar surface area (TPSA) is 37.3 Å². The normalized spacial score (nSPS) is 17.8. The van der Waals surface area contributed by atoms with E-state index >= 15 is 0 Å². The van der Waals surface area contributed by atoms with Gasteiger partial charge in [0.15, 0.2) is 0 Å². The van der Waals surface area contributed by atoms with Gasteiger partial charge in [-0.3, -0.25) is 0 Å². The summed E-state index contributed by atoms with van der Waals surface area (Å²) in [6.07, 6.45) is 0. The summed E-state index contributed by atoms with van der Waals surface area (Å²) in [5.41, 5.74) is 0. The van der Waals surface area contributed by atoms with Gasteiger partial charge in [0.1, 0.15) is 0 Å². The second-order valence-corrected chi connectivity index (χ2v) is 6.75. The van der Waals surface area contributed by atoms with Gasteiger partial charge in [-0.15, -0.1) is 0 Å². The van der Waals surface area contributed by atoms with E-state index in [4.69, 9.17) is 4.89 Å². The van der Waals surface area contributed by atoms with E-state index < -0.39 is 4.75 Å². The molecule has 0 aromatic carbocycles. The van der Waals surface area contributed by atoms with Crippen LogP contribution in [0.3, 0.4) is 0 Å². The Balaban J connectivity index is 0. The van der Waals surface area contributed by atoms with Crippen LogP contribution in [0.5, 0.6) is 0 Å². The summed E-state index contributed by atoms with van der Waals surface area (Å²) in [5.74, 6) is 0. The maximum atomic E-state index is 9.58. The molecule has 0 fully saturated rings. The van der Waals surface area contributed by atoms with Crippen LogP contribution in [0.4, 0.5) is 0 Å². The molecule has 0 saturated heterocycles. The van der Waals surface area contributed by atoms with Crippen LogP contribution < -0.4 is 0 Å². The first-order valence-electron chi connectivity index (χ1n) is 0.710. The summed E-state index contributed by atoms with van der Waals surface area (Å²) in [6.45, 7) is 0. The van der Waals surface area contributed by atoms with Gasteiger partial charge >= 0.3 is 64.2 Å². The Hall–Kier alpha value is 1.83. The number of hydrogen-bond donors (Lipinski definition) is 1. The number of hydrogen-bond acceptors (Lipinski definition) is 1. The number of rotatable bonds is 0. The van der Waals surface area contributed by atoms with E-state index in [0.717, 1.165) is 0 Å². The van der Waals surface area contributed by atoms with Crippen molar-refractivity contribution >= 4 is 23.6 Å². The molecular weight excluding hydrogens is 181 g/mol. The molecule has 0 radical (unpaired) electrons. The van der Waals surface area contributed by atoms with Crippen molar-refractivity contribution < 1.29 is 40.6 Å². The molecule has 0 spiro atoms. The molecule has 0 bridgehead atoms. The Bertz CT molecular complexity index is 59.7. The molecule has 0 saturated carbocycles. The SMILES string of the molecule is O=[P](O)([Mn])[Fe].[LiH]. The molecular formula is H2FeLiMnO2P. The zero-order chi connectivity index (χ0) is 4.50. The Morgan fingerprint density at radius 3 is 1.83 bits per heavy atom. The van der Waals surface area contributed by atoms with Crippen molar-refractivity contribution in [3.63, 3.8) is 0 Å². The third-order valence-corrected chi connectivity index (χ3v) is 0. The van der Waals surface area contributed by atoms with Crippen molar-refractivity contribution in [2.24, 2.45) is 0 Å². The quantitative estimate of drug-likeness (QED) is 0.407. The summed E-state index contributed by atoms with van der Waals surface area (Å²) >= 11 is 5.17. The van der Waals surface area contributed by atoms with Gasteiger partial charge in [0.2, 0.25) is 0 Å². The fourth-order valence-corrected chi connectivity index (χ4v) is 0. The molecule has 1 N–H and O–H groups in total. The summed E-state index contributed by atoms with van der Waals surface area (Å²) in [7, 11) is 0. The summed E-state index contributed by atoms with van der Waals surface area (Å²) < 4.78 is 6.50. The third-order valence-electron chi connectivity index (χ3n) is 0. The van der Waals surface area contributed by atoms with Crippen molar-refractivity contribution in [1.82, 2.24) is 0 Å². The fourth-order valence-electron chi connectivity index (χ4n) is 0. The van der Waals surface area contributed by atoms with Crippen LogP contribution in [0.15, 0.2) is 0 Å². The average molecular weight is 183 g/mol. The third kappa shape index (κ3) is 40.7. The molecule has 1 atom stereocenters. The predicted molar refractivity (Wildman–Crippen MR) is 17.0 cm³/mol. The molecule has 0 aliphatic carbocycles. The van der Waals surface area contributed by atoms with E-state index in [1.807, 2.05) is 0 Å². The van der Waals surface area contributed by atoms with Gasteiger partial charge in [-0.2, -0.15) is 0 Å². The van der Waals surface area contributed by atoms with Crippen LogP contribution in [0.25, 0.3) is 0 Å². The summed E-state index contributed by atoms with van der Waals surface area (Å²) in [4.78, 5) is 7.88. The van der Waals surface area contributed by atoms with Crippen LogP contribution >= 0.6 is 4.75 Å². The monoisotopic (exact) mass is 183 g/mol. The zero-order valence-electron chi connectivity index (χ0n) is 2.03. The van der Waals surface area contributed by atoms with Gasteiger partial charge in [-0.1, -0.05) is 0 Å². The van der Waals surface area contributed by atoms with Gasteiger partial charge in [0, 0.05) is 0 Å².